The van der Waals surface area contributed by atoms with Crippen molar-refractivity contribution in [1.82, 2.24) is 4.72 Å². The van der Waals surface area contributed by atoms with E-state index in [1.165, 1.54) is 0 Å². The molecule has 2 aromatic rings. The number of ether oxygens (including phenoxy) is 2. The molecule has 3 rings (SSSR count). The molecule has 1 saturated heterocycles. The predicted molar refractivity (Wildman–Crippen MR) is 112 cm³/mol. The van der Waals surface area contributed by atoms with Gasteiger partial charge in [0.05, 0.1) is 12.9 Å². The minimum atomic E-state index is -3.55. The van der Waals surface area contributed by atoms with Gasteiger partial charge in [-0.05, 0) is 48.4 Å². The van der Waals surface area contributed by atoms with Crippen LogP contribution >= 0.6 is 0 Å². The summed E-state index contributed by atoms with van der Waals surface area (Å²) in [7, 11) is -1.95. The van der Waals surface area contributed by atoms with E-state index >= 15 is 0 Å². The topological polar surface area (TPSA) is 84.9 Å². The number of methoxy groups -OCH3 is 1. The zero-order valence-corrected chi connectivity index (χ0v) is 17.5. The lowest BCUT2D eigenvalue weighted by molar-refractivity contribution is -0.0663. The molecule has 2 aromatic carbocycles. The summed E-state index contributed by atoms with van der Waals surface area (Å²) in [4.78, 5) is 0. The van der Waals surface area contributed by atoms with Crippen molar-refractivity contribution in [2.24, 2.45) is 5.92 Å². The Hall–Kier alpha value is -1.93. The molecule has 0 radical (unpaired) electrons. The lowest BCUT2D eigenvalue weighted by Crippen LogP contribution is -2.48. The van der Waals surface area contributed by atoms with Crippen LogP contribution in [0, 0.1) is 5.92 Å². The van der Waals surface area contributed by atoms with Crippen LogP contribution in [0.5, 0.6) is 5.75 Å². The van der Waals surface area contributed by atoms with Gasteiger partial charge in [0.2, 0.25) is 10.0 Å². The van der Waals surface area contributed by atoms with Crippen molar-refractivity contribution in [2.45, 2.75) is 24.9 Å². The molecular weight excluding hydrogens is 390 g/mol. The normalized spacial score (nSPS) is 17.6. The first-order valence-corrected chi connectivity index (χ1v) is 11.5. The molecule has 1 aliphatic rings. The summed E-state index contributed by atoms with van der Waals surface area (Å²) < 4.78 is 38.4. The van der Waals surface area contributed by atoms with E-state index in [1.807, 2.05) is 54.6 Å². The molecular formula is C22H29NO5S. The number of hydrogen-bond acceptors (Lipinski definition) is 5. The van der Waals surface area contributed by atoms with Crippen LogP contribution in [-0.4, -0.2) is 46.1 Å². The molecule has 0 aromatic heterocycles. The van der Waals surface area contributed by atoms with Crippen molar-refractivity contribution in [3.05, 3.63) is 65.7 Å². The average molecular weight is 420 g/mol. The van der Waals surface area contributed by atoms with Gasteiger partial charge in [-0.15, -0.1) is 0 Å². The summed E-state index contributed by atoms with van der Waals surface area (Å²) >= 11 is 0. The Morgan fingerprint density at radius 2 is 1.76 bits per heavy atom. The van der Waals surface area contributed by atoms with Gasteiger partial charge in [-0.1, -0.05) is 42.5 Å². The van der Waals surface area contributed by atoms with Crippen molar-refractivity contribution < 1.29 is 23.0 Å². The Bertz CT molecular complexity index is 864. The Morgan fingerprint density at radius 1 is 1.10 bits per heavy atom. The van der Waals surface area contributed by atoms with Gasteiger partial charge in [-0.3, -0.25) is 0 Å². The molecule has 158 valence electrons. The van der Waals surface area contributed by atoms with Crippen LogP contribution in [0.1, 0.15) is 24.0 Å². The number of nitrogens with one attached hydrogen (secondary N) is 1. The van der Waals surface area contributed by atoms with Crippen LogP contribution in [0.25, 0.3) is 0 Å². The van der Waals surface area contributed by atoms with E-state index in [-0.39, 0.29) is 18.2 Å². The monoisotopic (exact) mass is 419 g/mol. The van der Waals surface area contributed by atoms with Crippen LogP contribution < -0.4 is 9.46 Å². The van der Waals surface area contributed by atoms with E-state index in [2.05, 4.69) is 4.72 Å². The quantitative estimate of drug-likeness (QED) is 0.652. The maximum atomic E-state index is 12.6. The highest BCUT2D eigenvalue weighted by Crippen LogP contribution is 2.35. The number of rotatable bonds is 9. The molecule has 0 unspecified atom stereocenters. The van der Waals surface area contributed by atoms with Gasteiger partial charge in [0.15, 0.2) is 0 Å². The standard InChI is InChI=1S/C22H29NO5S/c1-27-21-9-7-18(8-10-21)13-16-29(25,26)23-17-22(24,19-5-3-2-4-6-19)20-11-14-28-15-12-20/h2-10,20,23-24H,11-17H2,1H3/t22-/m1/s1. The molecule has 6 nitrogen and oxygen atoms in total. The first-order chi connectivity index (χ1) is 13.9. The van der Waals surface area contributed by atoms with Gasteiger partial charge >= 0.3 is 0 Å². The second kappa shape index (κ2) is 9.71. The molecule has 1 atom stereocenters. The summed E-state index contributed by atoms with van der Waals surface area (Å²) in [5, 5.41) is 11.5. The third-order valence-electron chi connectivity index (χ3n) is 5.55. The molecule has 1 heterocycles. The Kier molecular flexibility index (Phi) is 7.29. The Labute approximate surface area is 172 Å². The first kappa shape index (κ1) is 21.8. The Morgan fingerprint density at radius 3 is 2.38 bits per heavy atom. The van der Waals surface area contributed by atoms with Crippen molar-refractivity contribution >= 4 is 10.0 Å². The van der Waals surface area contributed by atoms with Crippen LogP contribution in [0.2, 0.25) is 0 Å². The molecule has 0 saturated carbocycles. The molecule has 7 heteroatoms. The second-order valence-corrected chi connectivity index (χ2v) is 9.34. The third-order valence-corrected chi connectivity index (χ3v) is 6.88. The summed E-state index contributed by atoms with van der Waals surface area (Å²) in [6.45, 7) is 1.10. The Balaban J connectivity index is 1.67. The van der Waals surface area contributed by atoms with E-state index in [1.54, 1.807) is 7.11 Å². The average Bonchev–Trinajstić information content (AvgIpc) is 2.78. The first-order valence-electron chi connectivity index (χ1n) is 9.89. The number of benzene rings is 2. The van der Waals surface area contributed by atoms with Crippen LogP contribution in [0.4, 0.5) is 0 Å². The highest BCUT2D eigenvalue weighted by molar-refractivity contribution is 7.89. The summed E-state index contributed by atoms with van der Waals surface area (Å²) in [5.74, 6) is 0.625. The minimum Gasteiger partial charge on any atom is -0.497 e. The van der Waals surface area contributed by atoms with E-state index in [4.69, 9.17) is 9.47 Å². The fourth-order valence-corrected chi connectivity index (χ4v) is 4.81. The van der Waals surface area contributed by atoms with Crippen LogP contribution in [-0.2, 0) is 26.8 Å². The highest BCUT2D eigenvalue weighted by atomic mass is 32.2. The van der Waals surface area contributed by atoms with Crippen molar-refractivity contribution in [1.29, 1.82) is 0 Å². The lowest BCUT2D eigenvalue weighted by atomic mass is 9.77. The zero-order valence-electron chi connectivity index (χ0n) is 16.7. The van der Waals surface area contributed by atoms with Gasteiger partial charge in [-0.2, -0.15) is 0 Å². The second-order valence-electron chi connectivity index (χ2n) is 7.41. The van der Waals surface area contributed by atoms with Crippen molar-refractivity contribution in [3.63, 3.8) is 0 Å². The van der Waals surface area contributed by atoms with E-state index in [0.29, 0.717) is 32.5 Å². The van der Waals surface area contributed by atoms with E-state index in [0.717, 1.165) is 16.9 Å². The summed E-state index contributed by atoms with van der Waals surface area (Å²) in [6, 6.07) is 16.6. The number of hydrogen-bond donors (Lipinski definition) is 2. The SMILES string of the molecule is COc1ccc(CCS(=O)(=O)NC[C@@](O)(c2ccccc2)C2CCOCC2)cc1. The number of aliphatic hydroxyl groups is 1. The number of aryl methyl sites for hydroxylation is 1. The van der Waals surface area contributed by atoms with Gasteiger partial charge in [0, 0.05) is 19.8 Å². The highest BCUT2D eigenvalue weighted by Gasteiger charge is 2.40. The molecule has 0 amide bonds. The predicted octanol–water partition coefficient (Wildman–Crippen LogP) is 2.47. The maximum absolute atomic E-state index is 12.6. The fourth-order valence-electron chi connectivity index (χ4n) is 3.72. The van der Waals surface area contributed by atoms with Gasteiger partial charge < -0.3 is 14.6 Å². The largest absolute Gasteiger partial charge is 0.497 e. The van der Waals surface area contributed by atoms with Crippen molar-refractivity contribution in [3.8, 4) is 5.75 Å². The zero-order chi connectivity index (χ0) is 20.7. The molecule has 0 bridgehead atoms. The van der Waals surface area contributed by atoms with Gasteiger partial charge in [0.25, 0.3) is 0 Å². The molecule has 29 heavy (non-hydrogen) atoms. The summed E-state index contributed by atoms with van der Waals surface area (Å²) in [5.41, 5.74) is 0.377. The van der Waals surface area contributed by atoms with Crippen LogP contribution in [0.3, 0.4) is 0 Å². The molecule has 0 aliphatic carbocycles. The minimum absolute atomic E-state index is 0.0437. The molecule has 2 N–H and O–H groups in total. The maximum Gasteiger partial charge on any atom is 0.212 e. The van der Waals surface area contributed by atoms with E-state index < -0.39 is 15.6 Å². The molecule has 1 aliphatic heterocycles. The number of sulfonamides is 1. The third kappa shape index (κ3) is 5.79. The lowest BCUT2D eigenvalue weighted by Gasteiger charge is -2.39. The van der Waals surface area contributed by atoms with Crippen molar-refractivity contribution in [2.75, 3.05) is 32.6 Å². The van der Waals surface area contributed by atoms with Gasteiger partial charge in [-0.25, -0.2) is 13.1 Å². The molecule has 0 spiro atoms. The fraction of sp³-hybridized carbons (Fsp3) is 0.455. The van der Waals surface area contributed by atoms with Crippen LogP contribution in [0.15, 0.2) is 54.6 Å². The summed E-state index contributed by atoms with van der Waals surface area (Å²) in [6.07, 6.45) is 1.78. The van der Waals surface area contributed by atoms with E-state index in [9.17, 15) is 13.5 Å². The van der Waals surface area contributed by atoms with Gasteiger partial charge in [0.1, 0.15) is 11.4 Å². The molecule has 1 fully saturated rings. The smallest absolute Gasteiger partial charge is 0.212 e.